The second-order valence-corrected chi connectivity index (χ2v) is 8.00. The molecule has 1 fully saturated rings. The molecule has 0 bridgehead atoms. The summed E-state index contributed by atoms with van der Waals surface area (Å²) in [5, 5.41) is 5.04. The fourth-order valence-electron chi connectivity index (χ4n) is 4.00. The molecule has 0 radical (unpaired) electrons. The molecular formula is C23H19Cl2N3. The Morgan fingerprint density at radius 1 is 0.893 bits per heavy atom. The molecule has 140 valence electrons. The topological polar surface area (TPSA) is 29.3 Å². The third-order valence-corrected chi connectivity index (χ3v) is 5.86. The Balaban J connectivity index is 1.78. The summed E-state index contributed by atoms with van der Waals surface area (Å²) in [5.74, 6) is 0. The summed E-state index contributed by atoms with van der Waals surface area (Å²) >= 11 is 12.2. The standard InChI is InChI=1S/C23H19Cl2N3/c24-17-9-5-15(6-10-17)21-22(16-7-11-18(25)12-8-16)28-14-2-3-19(23(28)27-21)20-4-1-13-26-20/h2-3,5-12,14,20,26H,1,4,13H2. The van der Waals surface area contributed by atoms with E-state index in [1.54, 1.807) is 0 Å². The Morgan fingerprint density at radius 2 is 1.57 bits per heavy atom. The molecule has 5 rings (SSSR count). The van der Waals surface area contributed by atoms with E-state index in [2.05, 4.69) is 28.0 Å². The van der Waals surface area contributed by atoms with Crippen molar-refractivity contribution in [1.82, 2.24) is 14.7 Å². The van der Waals surface area contributed by atoms with Crippen LogP contribution in [-0.4, -0.2) is 15.9 Å². The summed E-state index contributed by atoms with van der Waals surface area (Å²) in [6, 6.07) is 20.4. The third-order valence-electron chi connectivity index (χ3n) is 5.35. The normalized spacial score (nSPS) is 16.7. The largest absolute Gasteiger partial charge is 0.310 e. The SMILES string of the molecule is Clc1ccc(-c2nc3c(C4CCCN4)cccn3c2-c2ccc(Cl)cc2)cc1. The average Bonchev–Trinajstić information content (AvgIpc) is 3.37. The van der Waals surface area contributed by atoms with Gasteiger partial charge >= 0.3 is 0 Å². The molecule has 3 nitrogen and oxygen atoms in total. The van der Waals surface area contributed by atoms with Gasteiger partial charge in [-0.1, -0.05) is 53.5 Å². The Kier molecular flexibility index (Phi) is 4.59. The van der Waals surface area contributed by atoms with Crippen molar-refractivity contribution >= 4 is 28.8 Å². The zero-order valence-corrected chi connectivity index (χ0v) is 16.7. The summed E-state index contributed by atoms with van der Waals surface area (Å²) in [6.07, 6.45) is 4.42. The molecule has 2 aromatic heterocycles. The van der Waals surface area contributed by atoms with Gasteiger partial charge in [0.15, 0.2) is 0 Å². The van der Waals surface area contributed by atoms with Crippen molar-refractivity contribution in [2.45, 2.75) is 18.9 Å². The van der Waals surface area contributed by atoms with Crippen LogP contribution in [0, 0.1) is 0 Å². The van der Waals surface area contributed by atoms with Crippen molar-refractivity contribution in [3.8, 4) is 22.5 Å². The van der Waals surface area contributed by atoms with E-state index < -0.39 is 0 Å². The number of halogens is 2. The Bertz CT molecular complexity index is 1130. The fraction of sp³-hybridized carbons (Fsp3) is 0.174. The second kappa shape index (κ2) is 7.25. The van der Waals surface area contributed by atoms with E-state index >= 15 is 0 Å². The maximum absolute atomic E-state index is 6.13. The van der Waals surface area contributed by atoms with Crippen LogP contribution in [-0.2, 0) is 0 Å². The number of nitrogens with zero attached hydrogens (tertiary/aromatic N) is 2. The number of pyridine rings is 1. The van der Waals surface area contributed by atoms with E-state index in [1.807, 2.05) is 48.5 Å². The highest BCUT2D eigenvalue weighted by molar-refractivity contribution is 6.31. The van der Waals surface area contributed by atoms with Gasteiger partial charge in [0.25, 0.3) is 0 Å². The Hall–Kier alpha value is -2.33. The maximum Gasteiger partial charge on any atom is 0.142 e. The lowest BCUT2D eigenvalue weighted by Crippen LogP contribution is -2.13. The average molecular weight is 408 g/mol. The molecule has 1 N–H and O–H groups in total. The van der Waals surface area contributed by atoms with Gasteiger partial charge in [0.05, 0.1) is 11.4 Å². The van der Waals surface area contributed by atoms with Gasteiger partial charge in [-0.05, 0) is 49.7 Å². The van der Waals surface area contributed by atoms with Crippen molar-refractivity contribution < 1.29 is 0 Å². The lowest BCUT2D eigenvalue weighted by Gasteiger charge is -2.12. The zero-order chi connectivity index (χ0) is 19.1. The first-order chi connectivity index (χ1) is 13.7. The minimum Gasteiger partial charge on any atom is -0.310 e. The van der Waals surface area contributed by atoms with E-state index in [1.165, 1.54) is 12.0 Å². The van der Waals surface area contributed by atoms with Crippen LogP contribution in [0.4, 0.5) is 0 Å². The second-order valence-electron chi connectivity index (χ2n) is 7.13. The molecular weight excluding hydrogens is 389 g/mol. The van der Waals surface area contributed by atoms with Crippen LogP contribution in [0.2, 0.25) is 10.0 Å². The van der Waals surface area contributed by atoms with Gasteiger partial charge in [-0.2, -0.15) is 0 Å². The highest BCUT2D eigenvalue weighted by atomic mass is 35.5. The number of benzene rings is 2. The van der Waals surface area contributed by atoms with Gasteiger partial charge in [0.2, 0.25) is 0 Å². The van der Waals surface area contributed by atoms with Gasteiger partial charge in [0, 0.05) is 39.0 Å². The van der Waals surface area contributed by atoms with E-state index in [-0.39, 0.29) is 0 Å². The molecule has 0 saturated carbocycles. The Morgan fingerprint density at radius 3 is 2.21 bits per heavy atom. The Labute approximate surface area is 173 Å². The predicted molar refractivity (Wildman–Crippen MR) is 116 cm³/mol. The fourth-order valence-corrected chi connectivity index (χ4v) is 4.26. The molecule has 1 saturated heterocycles. The number of rotatable bonds is 3. The maximum atomic E-state index is 6.13. The highest BCUT2D eigenvalue weighted by Crippen LogP contribution is 2.36. The molecule has 2 aromatic carbocycles. The van der Waals surface area contributed by atoms with Gasteiger partial charge in [0.1, 0.15) is 5.65 Å². The van der Waals surface area contributed by atoms with E-state index in [9.17, 15) is 0 Å². The van der Waals surface area contributed by atoms with Crippen LogP contribution in [0.25, 0.3) is 28.2 Å². The molecule has 1 unspecified atom stereocenters. The van der Waals surface area contributed by atoms with Crippen molar-refractivity contribution in [2.24, 2.45) is 0 Å². The molecule has 0 aliphatic carbocycles. The molecule has 5 heteroatoms. The molecule has 3 heterocycles. The van der Waals surface area contributed by atoms with Crippen LogP contribution < -0.4 is 5.32 Å². The molecule has 1 aliphatic heterocycles. The van der Waals surface area contributed by atoms with E-state index in [4.69, 9.17) is 28.2 Å². The minimum atomic E-state index is 0.349. The van der Waals surface area contributed by atoms with Crippen LogP contribution in [0.1, 0.15) is 24.4 Å². The third kappa shape index (κ3) is 3.10. The van der Waals surface area contributed by atoms with Crippen molar-refractivity contribution in [3.63, 3.8) is 0 Å². The predicted octanol–water partition coefficient (Wildman–Crippen LogP) is 6.40. The molecule has 0 amide bonds. The number of aromatic nitrogens is 2. The number of imidazole rings is 1. The molecule has 28 heavy (non-hydrogen) atoms. The molecule has 1 aliphatic rings. The summed E-state index contributed by atoms with van der Waals surface area (Å²) < 4.78 is 2.20. The van der Waals surface area contributed by atoms with Crippen molar-refractivity contribution in [3.05, 3.63) is 82.5 Å². The summed E-state index contributed by atoms with van der Waals surface area (Å²) in [4.78, 5) is 5.10. The summed E-state index contributed by atoms with van der Waals surface area (Å²) in [6.45, 7) is 1.06. The number of nitrogens with one attached hydrogen (secondary N) is 1. The highest BCUT2D eigenvalue weighted by Gasteiger charge is 2.23. The lowest BCUT2D eigenvalue weighted by molar-refractivity contribution is 0.649. The quantitative estimate of drug-likeness (QED) is 0.425. The first-order valence-electron chi connectivity index (χ1n) is 9.47. The smallest absolute Gasteiger partial charge is 0.142 e. The first kappa shape index (κ1) is 17.7. The van der Waals surface area contributed by atoms with Crippen LogP contribution >= 0.6 is 23.2 Å². The molecule has 1 atom stereocenters. The summed E-state index contributed by atoms with van der Waals surface area (Å²) in [7, 11) is 0. The minimum absolute atomic E-state index is 0.349. The van der Waals surface area contributed by atoms with Gasteiger partial charge in [-0.15, -0.1) is 0 Å². The van der Waals surface area contributed by atoms with Gasteiger partial charge in [-0.25, -0.2) is 4.98 Å². The molecule has 0 spiro atoms. The van der Waals surface area contributed by atoms with Crippen LogP contribution in [0.15, 0.2) is 66.9 Å². The van der Waals surface area contributed by atoms with Gasteiger partial charge < -0.3 is 5.32 Å². The van der Waals surface area contributed by atoms with Crippen molar-refractivity contribution in [2.75, 3.05) is 6.54 Å². The monoisotopic (exact) mass is 407 g/mol. The number of hydrogen-bond donors (Lipinski definition) is 1. The summed E-state index contributed by atoms with van der Waals surface area (Å²) in [5.41, 5.74) is 6.38. The van der Waals surface area contributed by atoms with Crippen LogP contribution in [0.3, 0.4) is 0 Å². The lowest BCUT2D eigenvalue weighted by atomic mass is 10.0. The molecule has 4 aromatic rings. The number of fused-ring (bicyclic) bond motifs is 1. The van der Waals surface area contributed by atoms with Crippen LogP contribution in [0.5, 0.6) is 0 Å². The van der Waals surface area contributed by atoms with E-state index in [0.29, 0.717) is 6.04 Å². The van der Waals surface area contributed by atoms with E-state index in [0.717, 1.165) is 51.2 Å². The number of hydrogen-bond acceptors (Lipinski definition) is 2. The van der Waals surface area contributed by atoms with Crippen molar-refractivity contribution in [1.29, 1.82) is 0 Å². The van der Waals surface area contributed by atoms with Gasteiger partial charge in [-0.3, -0.25) is 4.40 Å². The zero-order valence-electron chi connectivity index (χ0n) is 15.2. The first-order valence-corrected chi connectivity index (χ1v) is 10.2.